The summed E-state index contributed by atoms with van der Waals surface area (Å²) in [7, 11) is 1.27. The van der Waals surface area contributed by atoms with Crippen molar-refractivity contribution in [3.8, 4) is 0 Å². The lowest BCUT2D eigenvalue weighted by Crippen LogP contribution is -2.12. The van der Waals surface area contributed by atoms with E-state index in [0.29, 0.717) is 5.16 Å². The second-order valence-electron chi connectivity index (χ2n) is 5.70. The first-order valence-electron chi connectivity index (χ1n) is 8.48. The van der Waals surface area contributed by atoms with E-state index in [9.17, 15) is 9.59 Å². The number of nitrogens with zero attached hydrogens (tertiary/aromatic N) is 3. The minimum absolute atomic E-state index is 0.0469. The number of carbonyl (C=O) groups is 2. The quantitative estimate of drug-likeness (QED) is 0.420. The lowest BCUT2D eigenvalue weighted by Gasteiger charge is -2.07. The van der Waals surface area contributed by atoms with Crippen LogP contribution in [0.1, 0.15) is 17.5 Å². The van der Waals surface area contributed by atoms with Crippen LogP contribution >= 0.6 is 11.8 Å². The van der Waals surface area contributed by atoms with Crippen molar-refractivity contribution >= 4 is 34.5 Å². The first-order valence-corrected chi connectivity index (χ1v) is 9.29. The molecule has 3 rings (SSSR count). The van der Waals surface area contributed by atoms with Gasteiger partial charge < -0.3 is 14.2 Å². The van der Waals surface area contributed by atoms with Gasteiger partial charge in [0.05, 0.1) is 13.7 Å². The largest absolute Gasteiger partial charge is 0.463 e. The Morgan fingerprint density at radius 1 is 1.11 bits per heavy atom. The highest BCUT2D eigenvalue weighted by Gasteiger charge is 2.18. The fourth-order valence-electron chi connectivity index (χ4n) is 2.40. The predicted molar refractivity (Wildman–Crippen MR) is 102 cm³/mol. The first kappa shape index (κ1) is 19.8. The van der Waals surface area contributed by atoms with Crippen molar-refractivity contribution in [3.63, 3.8) is 0 Å². The van der Waals surface area contributed by atoms with Crippen molar-refractivity contribution in [3.05, 3.63) is 48.3 Å². The van der Waals surface area contributed by atoms with Crippen molar-refractivity contribution in [2.75, 3.05) is 20.3 Å². The number of methoxy groups -OCH3 is 1. The molecule has 0 saturated heterocycles. The Kier molecular flexibility index (Phi) is 6.62. The second-order valence-corrected chi connectivity index (χ2v) is 6.74. The van der Waals surface area contributed by atoms with Crippen LogP contribution < -0.4 is 0 Å². The van der Waals surface area contributed by atoms with Gasteiger partial charge in [-0.3, -0.25) is 4.79 Å². The van der Waals surface area contributed by atoms with Crippen LogP contribution in [0.25, 0.3) is 10.8 Å². The molecule has 0 atom stereocenters. The molecule has 2 aromatic carbocycles. The molecule has 0 bridgehead atoms. The van der Waals surface area contributed by atoms with Crippen molar-refractivity contribution in [2.24, 2.45) is 0 Å². The number of esters is 2. The van der Waals surface area contributed by atoms with Crippen molar-refractivity contribution < 1.29 is 23.8 Å². The monoisotopic (exact) mass is 401 g/mol. The molecule has 0 N–H and O–H groups in total. The Bertz CT molecular complexity index is 989. The van der Waals surface area contributed by atoms with Gasteiger partial charge in [-0.05, 0) is 22.9 Å². The number of hydrogen-bond acceptors (Lipinski definition) is 8. The van der Waals surface area contributed by atoms with Gasteiger partial charge >= 0.3 is 11.9 Å². The molecule has 0 radical (unpaired) electrons. The Morgan fingerprint density at radius 2 is 1.89 bits per heavy atom. The lowest BCUT2D eigenvalue weighted by molar-refractivity contribution is -0.143. The van der Waals surface area contributed by atoms with E-state index in [1.54, 1.807) is 0 Å². The molecule has 0 saturated carbocycles. The Balaban J connectivity index is 1.76. The number of aromatic nitrogens is 3. The van der Waals surface area contributed by atoms with E-state index in [2.05, 4.69) is 10.1 Å². The van der Waals surface area contributed by atoms with E-state index in [0.717, 1.165) is 15.7 Å². The summed E-state index contributed by atoms with van der Waals surface area (Å²) in [4.78, 5) is 27.8. The van der Waals surface area contributed by atoms with Crippen molar-refractivity contribution in [1.29, 1.82) is 0 Å². The molecule has 9 heteroatoms. The van der Waals surface area contributed by atoms with Crippen LogP contribution in [0.5, 0.6) is 0 Å². The van der Waals surface area contributed by atoms with Gasteiger partial charge in [0.15, 0.2) is 5.16 Å². The standard InChI is InChI=1S/C19H19N3O5S/c1-13(23)27-10-9-26-12-22-19(20-17(21-22)18(24)25-2)28-16-8-7-14-5-3-4-6-15(14)11-16/h3-8,11H,9-10,12H2,1-2H3. The zero-order valence-corrected chi connectivity index (χ0v) is 16.3. The molecular formula is C19H19N3O5S. The van der Waals surface area contributed by atoms with E-state index in [-0.39, 0.29) is 31.7 Å². The molecule has 0 aliphatic heterocycles. The summed E-state index contributed by atoms with van der Waals surface area (Å²) in [6, 6.07) is 14.1. The zero-order valence-electron chi connectivity index (χ0n) is 15.5. The summed E-state index contributed by atoms with van der Waals surface area (Å²) in [5, 5.41) is 6.88. The smallest absolute Gasteiger partial charge is 0.377 e. The first-order chi connectivity index (χ1) is 13.6. The molecule has 0 aliphatic rings. The topological polar surface area (TPSA) is 92.5 Å². The third kappa shape index (κ3) is 5.08. The Labute approximate surface area is 165 Å². The molecule has 0 fully saturated rings. The molecule has 1 heterocycles. The maximum atomic E-state index is 11.8. The van der Waals surface area contributed by atoms with E-state index >= 15 is 0 Å². The average Bonchev–Trinajstić information content (AvgIpc) is 3.09. The minimum Gasteiger partial charge on any atom is -0.463 e. The van der Waals surface area contributed by atoms with E-state index in [1.807, 2.05) is 42.5 Å². The molecule has 146 valence electrons. The number of hydrogen-bond donors (Lipinski definition) is 0. The molecule has 0 unspecified atom stereocenters. The van der Waals surface area contributed by atoms with Gasteiger partial charge in [0.1, 0.15) is 13.3 Å². The van der Waals surface area contributed by atoms with Crippen LogP contribution in [0.4, 0.5) is 0 Å². The van der Waals surface area contributed by atoms with Crippen LogP contribution in [0.2, 0.25) is 0 Å². The molecular weight excluding hydrogens is 382 g/mol. The number of fused-ring (bicyclic) bond motifs is 1. The van der Waals surface area contributed by atoms with Gasteiger partial charge in [-0.2, -0.15) is 4.98 Å². The van der Waals surface area contributed by atoms with Gasteiger partial charge in [-0.15, -0.1) is 5.10 Å². The third-order valence-corrected chi connectivity index (χ3v) is 4.66. The van der Waals surface area contributed by atoms with Gasteiger partial charge in [0, 0.05) is 11.8 Å². The van der Waals surface area contributed by atoms with Crippen LogP contribution in [-0.2, 0) is 25.7 Å². The van der Waals surface area contributed by atoms with Crippen LogP contribution in [0, 0.1) is 0 Å². The third-order valence-electron chi connectivity index (χ3n) is 3.68. The lowest BCUT2D eigenvalue weighted by atomic mass is 10.1. The van der Waals surface area contributed by atoms with Crippen LogP contribution in [0.15, 0.2) is 52.5 Å². The molecule has 3 aromatic rings. The minimum atomic E-state index is -0.626. The Hall–Kier alpha value is -2.91. The van der Waals surface area contributed by atoms with Gasteiger partial charge in [-0.1, -0.05) is 42.1 Å². The predicted octanol–water partition coefficient (Wildman–Crippen LogP) is 2.91. The number of rotatable bonds is 8. The summed E-state index contributed by atoms with van der Waals surface area (Å²) in [6.45, 7) is 1.73. The fourth-order valence-corrected chi connectivity index (χ4v) is 3.26. The summed E-state index contributed by atoms with van der Waals surface area (Å²) < 4.78 is 16.5. The highest BCUT2D eigenvalue weighted by Crippen LogP contribution is 2.29. The summed E-state index contributed by atoms with van der Waals surface area (Å²) in [5.41, 5.74) is 0. The average molecular weight is 401 g/mol. The van der Waals surface area contributed by atoms with Crippen LogP contribution in [-0.4, -0.2) is 47.0 Å². The molecule has 0 aliphatic carbocycles. The van der Waals surface area contributed by atoms with E-state index in [4.69, 9.17) is 14.2 Å². The summed E-state index contributed by atoms with van der Waals surface area (Å²) in [5.74, 6) is -1.04. The highest BCUT2D eigenvalue weighted by atomic mass is 32.2. The molecule has 0 spiro atoms. The van der Waals surface area contributed by atoms with Crippen molar-refractivity contribution in [1.82, 2.24) is 14.8 Å². The number of ether oxygens (including phenoxy) is 3. The maximum Gasteiger partial charge on any atom is 0.377 e. The molecule has 8 nitrogen and oxygen atoms in total. The van der Waals surface area contributed by atoms with E-state index in [1.165, 1.54) is 30.5 Å². The second kappa shape index (κ2) is 9.34. The zero-order chi connectivity index (χ0) is 19.9. The molecule has 0 amide bonds. The summed E-state index contributed by atoms with van der Waals surface area (Å²) in [6.07, 6.45) is 0. The summed E-state index contributed by atoms with van der Waals surface area (Å²) >= 11 is 1.36. The molecule has 28 heavy (non-hydrogen) atoms. The van der Waals surface area contributed by atoms with E-state index < -0.39 is 5.97 Å². The van der Waals surface area contributed by atoms with Gasteiger partial charge in [0.25, 0.3) is 5.82 Å². The Morgan fingerprint density at radius 3 is 2.64 bits per heavy atom. The number of benzene rings is 2. The van der Waals surface area contributed by atoms with Crippen molar-refractivity contribution in [2.45, 2.75) is 23.7 Å². The molecule has 1 aromatic heterocycles. The maximum absolute atomic E-state index is 11.8. The number of carbonyl (C=O) groups excluding carboxylic acids is 2. The SMILES string of the molecule is COC(=O)c1nc(Sc2ccc3ccccc3c2)n(COCCOC(C)=O)n1. The fraction of sp³-hybridized carbons (Fsp3) is 0.263. The normalized spacial score (nSPS) is 10.8. The van der Waals surface area contributed by atoms with Gasteiger partial charge in [0.2, 0.25) is 0 Å². The van der Waals surface area contributed by atoms with Crippen LogP contribution in [0.3, 0.4) is 0 Å². The van der Waals surface area contributed by atoms with Gasteiger partial charge in [-0.25, -0.2) is 9.48 Å². The highest BCUT2D eigenvalue weighted by molar-refractivity contribution is 7.99.